The summed E-state index contributed by atoms with van der Waals surface area (Å²) in [5.74, 6) is 0.708. The van der Waals surface area contributed by atoms with E-state index >= 15 is 0 Å². The van der Waals surface area contributed by atoms with Crippen LogP contribution in [-0.4, -0.2) is 11.5 Å². The van der Waals surface area contributed by atoms with Crippen LogP contribution in [0.15, 0.2) is 30.5 Å². The number of hydrogen-bond donors (Lipinski definition) is 1. The Bertz CT molecular complexity index is 521. The van der Waals surface area contributed by atoms with E-state index in [9.17, 15) is 0 Å². The smallest absolute Gasteiger partial charge is 0.0948 e. The molecule has 0 radical (unpaired) electrons. The summed E-state index contributed by atoms with van der Waals surface area (Å²) in [7, 11) is 0. The van der Waals surface area contributed by atoms with E-state index in [2.05, 4.69) is 24.1 Å². The lowest BCUT2D eigenvalue weighted by atomic mass is 10.0. The van der Waals surface area contributed by atoms with Crippen LogP contribution in [-0.2, 0) is 0 Å². The second-order valence-corrected chi connectivity index (χ2v) is 4.97. The zero-order chi connectivity index (χ0) is 13.0. The van der Waals surface area contributed by atoms with E-state index in [1.807, 2.05) is 24.3 Å². The van der Waals surface area contributed by atoms with Crippen molar-refractivity contribution in [2.45, 2.75) is 26.7 Å². The highest BCUT2D eigenvalue weighted by molar-refractivity contribution is 6.35. The molecule has 0 fully saturated rings. The van der Waals surface area contributed by atoms with Gasteiger partial charge in [0.2, 0.25) is 0 Å². The van der Waals surface area contributed by atoms with Gasteiger partial charge in [0.1, 0.15) is 0 Å². The predicted octanol–water partition coefficient (Wildman–Crippen LogP) is 4.74. The first-order valence-corrected chi connectivity index (χ1v) is 6.91. The molecule has 0 saturated carbocycles. The number of nitrogens with zero attached hydrogens (tertiary/aromatic N) is 1. The Morgan fingerprint density at radius 1 is 1.22 bits per heavy atom. The molecule has 3 heteroatoms. The van der Waals surface area contributed by atoms with Crippen LogP contribution < -0.4 is 5.32 Å². The van der Waals surface area contributed by atoms with Gasteiger partial charge in [-0.25, -0.2) is 0 Å². The van der Waals surface area contributed by atoms with Crippen molar-refractivity contribution in [3.05, 3.63) is 35.5 Å². The minimum Gasteiger partial charge on any atom is -0.383 e. The zero-order valence-electron chi connectivity index (χ0n) is 10.9. The average Bonchev–Trinajstić information content (AvgIpc) is 2.42. The molecule has 0 bridgehead atoms. The molecule has 0 aliphatic rings. The molecule has 0 spiro atoms. The van der Waals surface area contributed by atoms with Crippen LogP contribution in [0.1, 0.15) is 26.7 Å². The fraction of sp³-hybridized carbons (Fsp3) is 0.400. The standard InChI is InChI=1S/C15H19ClN2/c1-3-11(4-2)10-18-14-8-7-13(16)12-6-5-9-17-15(12)14/h5-9,11,18H,3-4,10H2,1-2H3. The minimum absolute atomic E-state index is 0.708. The lowest BCUT2D eigenvalue weighted by Crippen LogP contribution is -2.13. The second kappa shape index (κ2) is 6.05. The molecule has 2 rings (SSSR count). The molecule has 1 aromatic heterocycles. The van der Waals surface area contributed by atoms with E-state index in [1.54, 1.807) is 6.20 Å². The lowest BCUT2D eigenvalue weighted by molar-refractivity contribution is 0.519. The maximum atomic E-state index is 6.18. The van der Waals surface area contributed by atoms with Crippen molar-refractivity contribution >= 4 is 28.2 Å². The maximum Gasteiger partial charge on any atom is 0.0948 e. The Morgan fingerprint density at radius 2 is 2.00 bits per heavy atom. The Hall–Kier alpha value is -1.28. The first-order chi connectivity index (χ1) is 8.76. The van der Waals surface area contributed by atoms with Gasteiger partial charge < -0.3 is 5.32 Å². The molecule has 0 atom stereocenters. The molecule has 1 aromatic carbocycles. The van der Waals surface area contributed by atoms with Crippen LogP contribution in [0.2, 0.25) is 5.02 Å². The summed E-state index contributed by atoms with van der Waals surface area (Å²) < 4.78 is 0. The quantitative estimate of drug-likeness (QED) is 0.842. The van der Waals surface area contributed by atoms with Gasteiger partial charge in [-0.2, -0.15) is 0 Å². The average molecular weight is 263 g/mol. The second-order valence-electron chi connectivity index (χ2n) is 4.56. The van der Waals surface area contributed by atoms with Gasteiger partial charge in [0.05, 0.1) is 16.2 Å². The van der Waals surface area contributed by atoms with Gasteiger partial charge >= 0.3 is 0 Å². The number of benzene rings is 1. The van der Waals surface area contributed by atoms with Gasteiger partial charge in [-0.1, -0.05) is 38.3 Å². The largest absolute Gasteiger partial charge is 0.383 e. The highest BCUT2D eigenvalue weighted by Gasteiger charge is 2.07. The van der Waals surface area contributed by atoms with Crippen LogP contribution in [0.5, 0.6) is 0 Å². The van der Waals surface area contributed by atoms with Gasteiger partial charge in [-0.05, 0) is 30.2 Å². The van der Waals surface area contributed by atoms with Gasteiger partial charge in [0.15, 0.2) is 0 Å². The van der Waals surface area contributed by atoms with E-state index in [0.29, 0.717) is 5.92 Å². The van der Waals surface area contributed by atoms with Crippen LogP contribution >= 0.6 is 11.6 Å². The van der Waals surface area contributed by atoms with E-state index < -0.39 is 0 Å². The van der Waals surface area contributed by atoms with E-state index in [4.69, 9.17) is 11.6 Å². The Morgan fingerprint density at radius 3 is 2.72 bits per heavy atom. The number of nitrogens with one attached hydrogen (secondary N) is 1. The molecule has 0 amide bonds. The number of anilines is 1. The number of aromatic nitrogens is 1. The van der Waals surface area contributed by atoms with Crippen LogP contribution in [0.3, 0.4) is 0 Å². The summed E-state index contributed by atoms with van der Waals surface area (Å²) in [6, 6.07) is 7.87. The molecular formula is C15H19ClN2. The predicted molar refractivity (Wildman–Crippen MR) is 79.3 cm³/mol. The van der Waals surface area contributed by atoms with Gasteiger partial charge in [-0.15, -0.1) is 0 Å². The molecule has 1 N–H and O–H groups in total. The normalized spacial score (nSPS) is 11.1. The molecule has 0 aliphatic heterocycles. The third-order valence-electron chi connectivity index (χ3n) is 3.45. The zero-order valence-corrected chi connectivity index (χ0v) is 11.7. The summed E-state index contributed by atoms with van der Waals surface area (Å²) in [4.78, 5) is 4.42. The Kier molecular flexibility index (Phi) is 4.43. The van der Waals surface area contributed by atoms with Crippen molar-refractivity contribution < 1.29 is 0 Å². The molecule has 2 aromatic rings. The third-order valence-corrected chi connectivity index (χ3v) is 3.78. The highest BCUT2D eigenvalue weighted by Crippen LogP contribution is 2.28. The molecule has 0 unspecified atom stereocenters. The highest BCUT2D eigenvalue weighted by atomic mass is 35.5. The summed E-state index contributed by atoms with van der Waals surface area (Å²) in [6.45, 7) is 5.45. The molecule has 0 saturated heterocycles. The summed E-state index contributed by atoms with van der Waals surface area (Å²) in [5, 5.41) is 5.26. The van der Waals surface area contributed by atoms with Crippen molar-refractivity contribution in [2.24, 2.45) is 5.92 Å². The first kappa shape index (κ1) is 13.2. The van der Waals surface area contributed by atoms with Gasteiger partial charge in [0, 0.05) is 18.1 Å². The molecular weight excluding hydrogens is 244 g/mol. The monoisotopic (exact) mass is 262 g/mol. The van der Waals surface area contributed by atoms with Crippen molar-refractivity contribution in [3.8, 4) is 0 Å². The number of hydrogen-bond acceptors (Lipinski definition) is 2. The fourth-order valence-electron chi connectivity index (χ4n) is 2.11. The number of rotatable bonds is 5. The topological polar surface area (TPSA) is 24.9 Å². The van der Waals surface area contributed by atoms with Crippen molar-refractivity contribution in [2.75, 3.05) is 11.9 Å². The lowest BCUT2D eigenvalue weighted by Gasteiger charge is -2.15. The summed E-state index contributed by atoms with van der Waals surface area (Å²) in [5.41, 5.74) is 2.03. The van der Waals surface area contributed by atoms with E-state index in [0.717, 1.165) is 28.2 Å². The molecule has 2 nitrogen and oxygen atoms in total. The molecule has 18 heavy (non-hydrogen) atoms. The van der Waals surface area contributed by atoms with E-state index in [-0.39, 0.29) is 0 Å². The van der Waals surface area contributed by atoms with Crippen LogP contribution in [0, 0.1) is 5.92 Å². The number of pyridine rings is 1. The summed E-state index contributed by atoms with van der Waals surface area (Å²) in [6.07, 6.45) is 4.20. The van der Waals surface area contributed by atoms with Crippen molar-refractivity contribution in [1.82, 2.24) is 4.98 Å². The first-order valence-electron chi connectivity index (χ1n) is 6.53. The fourth-order valence-corrected chi connectivity index (χ4v) is 2.33. The summed E-state index contributed by atoms with van der Waals surface area (Å²) >= 11 is 6.18. The van der Waals surface area contributed by atoms with Crippen LogP contribution in [0.4, 0.5) is 5.69 Å². The van der Waals surface area contributed by atoms with Gasteiger partial charge in [-0.3, -0.25) is 4.98 Å². The van der Waals surface area contributed by atoms with Crippen molar-refractivity contribution in [3.63, 3.8) is 0 Å². The van der Waals surface area contributed by atoms with E-state index in [1.165, 1.54) is 12.8 Å². The Labute approximate surface area is 113 Å². The Balaban J connectivity index is 2.26. The number of fused-ring (bicyclic) bond motifs is 1. The number of halogens is 1. The minimum atomic E-state index is 0.708. The SMILES string of the molecule is CCC(CC)CNc1ccc(Cl)c2cccnc12. The molecule has 96 valence electrons. The van der Waals surface area contributed by atoms with Crippen molar-refractivity contribution in [1.29, 1.82) is 0 Å². The third kappa shape index (κ3) is 2.75. The maximum absolute atomic E-state index is 6.18. The molecule has 1 heterocycles. The van der Waals surface area contributed by atoms with Gasteiger partial charge in [0.25, 0.3) is 0 Å². The molecule has 0 aliphatic carbocycles. The van der Waals surface area contributed by atoms with Crippen LogP contribution in [0.25, 0.3) is 10.9 Å².